The van der Waals surface area contributed by atoms with E-state index in [1.165, 1.54) is 173 Å². The van der Waals surface area contributed by atoms with E-state index in [0.29, 0.717) is 12.8 Å². The number of rotatable bonds is 55. The van der Waals surface area contributed by atoms with E-state index in [1.54, 1.807) is 6.08 Å². The van der Waals surface area contributed by atoms with E-state index in [4.69, 9.17) is 14.2 Å². The van der Waals surface area contributed by atoms with Crippen molar-refractivity contribution in [3.05, 3.63) is 60.8 Å². The van der Waals surface area contributed by atoms with Gasteiger partial charge in [-0.25, -0.2) is 0 Å². The normalized spacial score (nSPS) is 19.3. The second kappa shape index (κ2) is 54.9. The summed E-state index contributed by atoms with van der Waals surface area (Å²) in [5.74, 6) is -1.21. The Hall–Kier alpha value is -2.64. The number of unbranched alkanes of at least 4 members (excludes halogenated alkanes) is 36. The van der Waals surface area contributed by atoms with Gasteiger partial charge in [-0.2, -0.15) is 0 Å². The number of allylic oxidation sites excluding steroid dienone is 9. The molecule has 1 rings (SSSR count). The molecule has 1 saturated heterocycles. The number of ether oxygens (including phenoxy) is 3. The highest BCUT2D eigenvalue weighted by Crippen LogP contribution is 2.26. The van der Waals surface area contributed by atoms with Crippen LogP contribution in [-0.2, 0) is 23.8 Å². The molecule has 0 radical (unpaired) electrons. The molecule has 11 heteroatoms. The Bertz CT molecular complexity index is 1500. The van der Waals surface area contributed by atoms with Crippen LogP contribution in [0.25, 0.3) is 0 Å². The first-order valence-electron chi connectivity index (χ1n) is 32.6. The first kappa shape index (κ1) is 73.4. The van der Waals surface area contributed by atoms with Gasteiger partial charge >= 0.3 is 5.97 Å². The van der Waals surface area contributed by atoms with E-state index in [0.717, 1.165) is 70.6 Å². The second-order valence-electron chi connectivity index (χ2n) is 22.6. The maximum absolute atomic E-state index is 13.4. The Morgan fingerprint density at radius 1 is 0.513 bits per heavy atom. The van der Waals surface area contributed by atoms with Crippen LogP contribution in [0.15, 0.2) is 60.8 Å². The standard InChI is InChI=1S/C67H121NO10/c1-4-7-10-13-16-19-22-25-27-28-29-30-31-32-33-34-35-37-40-43-46-49-52-55-62(72)78-65-64(74)63(73)61(56-69)77-67(65)76-57-58(59(70)53-50-47-44-41-38-24-21-18-15-12-9-6-3)68-66(75)60(71)54-51-48-45-42-39-36-26-23-20-17-14-11-8-5-2/h8,11,14,17,20,23,26,36,50,53,58-61,63-65,67,69-71,73-74H,4-7,9-10,12-13,15-16,18-19,21-22,24-25,27-35,37-49,51-52,54-57H2,1-3H3,(H,68,75)/b11-8+,17-14+,23-20+,36-26-,53-50+. The Labute approximate surface area is 478 Å². The highest BCUT2D eigenvalue weighted by Gasteiger charge is 2.47. The minimum atomic E-state index is -1.62. The number of nitrogens with one attached hydrogen (secondary N) is 1. The SMILES string of the molecule is CC/C=C/C=C/C=C/C=C\CCCCCCC(O)C(=O)NC(COC1OC(CO)C(O)C(O)C1OC(=O)CCCCCCCCCCCCCCCCCCCCCCCCC)C(O)/C=C/CCCCCCCCCCCC. The predicted octanol–water partition coefficient (Wildman–Crippen LogP) is 15.8. The molecular formula is C67H121NO10. The molecule has 1 aliphatic heterocycles. The van der Waals surface area contributed by atoms with Crippen LogP contribution in [0.2, 0.25) is 0 Å². The first-order chi connectivity index (χ1) is 38.2. The molecule has 0 aliphatic carbocycles. The van der Waals surface area contributed by atoms with Crippen molar-refractivity contribution in [2.75, 3.05) is 13.2 Å². The predicted molar refractivity (Wildman–Crippen MR) is 324 cm³/mol. The number of aliphatic hydroxyl groups is 5. The van der Waals surface area contributed by atoms with Crippen molar-refractivity contribution in [2.45, 2.75) is 339 Å². The van der Waals surface area contributed by atoms with Crippen LogP contribution >= 0.6 is 0 Å². The molecule has 0 aromatic carbocycles. The lowest BCUT2D eigenvalue weighted by atomic mass is 9.99. The van der Waals surface area contributed by atoms with Crippen LogP contribution in [0.3, 0.4) is 0 Å². The van der Waals surface area contributed by atoms with Crippen LogP contribution in [-0.4, -0.2) is 99.6 Å². The van der Waals surface area contributed by atoms with Gasteiger partial charge in [0.05, 0.1) is 25.4 Å². The quantitative estimate of drug-likeness (QED) is 0.0149. The van der Waals surface area contributed by atoms with Crippen molar-refractivity contribution < 1.29 is 49.3 Å². The van der Waals surface area contributed by atoms with Gasteiger partial charge in [-0.05, 0) is 44.9 Å². The summed E-state index contributed by atoms with van der Waals surface area (Å²) in [4.78, 5) is 26.6. The molecule has 1 fully saturated rings. The fourth-order valence-electron chi connectivity index (χ4n) is 10.1. The van der Waals surface area contributed by atoms with Crippen LogP contribution < -0.4 is 5.32 Å². The molecule has 1 aliphatic rings. The third-order valence-electron chi connectivity index (χ3n) is 15.3. The largest absolute Gasteiger partial charge is 0.454 e. The zero-order valence-corrected chi connectivity index (χ0v) is 50.3. The van der Waals surface area contributed by atoms with Gasteiger partial charge in [0, 0.05) is 6.42 Å². The molecule has 1 heterocycles. The average molecular weight is 1100 g/mol. The summed E-state index contributed by atoms with van der Waals surface area (Å²) < 4.78 is 17.6. The molecule has 1 amide bonds. The molecule has 8 atom stereocenters. The first-order valence-corrected chi connectivity index (χ1v) is 32.6. The molecule has 11 nitrogen and oxygen atoms in total. The van der Waals surface area contributed by atoms with Crippen LogP contribution in [0, 0.1) is 0 Å². The second-order valence-corrected chi connectivity index (χ2v) is 22.6. The number of carbonyl (C=O) groups excluding carboxylic acids is 2. The topological polar surface area (TPSA) is 175 Å². The van der Waals surface area contributed by atoms with Gasteiger partial charge in [0.25, 0.3) is 0 Å². The molecule has 78 heavy (non-hydrogen) atoms. The number of aliphatic hydroxyl groups excluding tert-OH is 5. The summed E-state index contributed by atoms with van der Waals surface area (Å²) in [6.45, 7) is 5.66. The summed E-state index contributed by atoms with van der Waals surface area (Å²) in [7, 11) is 0. The Balaban J connectivity index is 2.61. The van der Waals surface area contributed by atoms with Crippen molar-refractivity contribution in [3.63, 3.8) is 0 Å². The highest BCUT2D eigenvalue weighted by molar-refractivity contribution is 5.80. The zero-order chi connectivity index (χ0) is 56.8. The number of hydrogen-bond acceptors (Lipinski definition) is 10. The third-order valence-corrected chi connectivity index (χ3v) is 15.3. The number of amides is 1. The molecule has 0 bridgehead atoms. The van der Waals surface area contributed by atoms with Gasteiger partial charge in [-0.3, -0.25) is 9.59 Å². The van der Waals surface area contributed by atoms with E-state index in [1.807, 2.05) is 42.5 Å². The molecule has 0 aromatic rings. The van der Waals surface area contributed by atoms with E-state index < -0.39 is 67.4 Å². The minimum absolute atomic E-state index is 0.123. The van der Waals surface area contributed by atoms with Gasteiger partial charge in [0.2, 0.25) is 5.91 Å². The molecule has 454 valence electrons. The summed E-state index contributed by atoms with van der Waals surface area (Å²) in [5.41, 5.74) is 0. The van der Waals surface area contributed by atoms with Gasteiger partial charge < -0.3 is 45.1 Å². The van der Waals surface area contributed by atoms with Gasteiger partial charge in [-0.15, -0.1) is 0 Å². The third kappa shape index (κ3) is 42.2. The van der Waals surface area contributed by atoms with Gasteiger partial charge in [0.1, 0.15) is 24.4 Å². The fraction of sp³-hybridized carbons (Fsp3) is 0.821. The minimum Gasteiger partial charge on any atom is -0.454 e. The average Bonchev–Trinajstić information content (AvgIpc) is 3.45. The van der Waals surface area contributed by atoms with Gasteiger partial charge in [0.15, 0.2) is 12.4 Å². The van der Waals surface area contributed by atoms with Crippen LogP contribution in [0.5, 0.6) is 0 Å². The van der Waals surface area contributed by atoms with E-state index >= 15 is 0 Å². The van der Waals surface area contributed by atoms with Gasteiger partial charge in [-0.1, -0.05) is 300 Å². The molecule has 8 unspecified atom stereocenters. The Morgan fingerprint density at radius 3 is 1.38 bits per heavy atom. The van der Waals surface area contributed by atoms with Crippen LogP contribution in [0.1, 0.15) is 290 Å². The van der Waals surface area contributed by atoms with E-state index in [2.05, 4.69) is 38.2 Å². The lowest BCUT2D eigenvalue weighted by Gasteiger charge is -2.41. The molecular weight excluding hydrogens is 979 g/mol. The highest BCUT2D eigenvalue weighted by atomic mass is 16.7. The molecule has 0 aromatic heterocycles. The summed E-state index contributed by atoms with van der Waals surface area (Å²) in [6.07, 6.45) is 58.4. The smallest absolute Gasteiger partial charge is 0.306 e. The lowest BCUT2D eigenvalue weighted by molar-refractivity contribution is -0.305. The van der Waals surface area contributed by atoms with Crippen LogP contribution in [0.4, 0.5) is 0 Å². The fourth-order valence-corrected chi connectivity index (χ4v) is 10.1. The summed E-state index contributed by atoms with van der Waals surface area (Å²) >= 11 is 0. The zero-order valence-electron chi connectivity index (χ0n) is 50.3. The molecule has 6 N–H and O–H groups in total. The number of carbonyl (C=O) groups is 2. The van der Waals surface area contributed by atoms with Crippen molar-refractivity contribution in [2.24, 2.45) is 0 Å². The van der Waals surface area contributed by atoms with Crippen molar-refractivity contribution in [1.82, 2.24) is 5.32 Å². The summed E-state index contributed by atoms with van der Waals surface area (Å²) in [5, 5.41) is 57.0. The lowest BCUT2D eigenvalue weighted by Crippen LogP contribution is -2.61. The van der Waals surface area contributed by atoms with Crippen molar-refractivity contribution >= 4 is 11.9 Å². The maximum Gasteiger partial charge on any atom is 0.306 e. The Morgan fingerprint density at radius 2 is 0.923 bits per heavy atom. The number of esters is 1. The monoisotopic (exact) mass is 1100 g/mol. The number of hydrogen-bond donors (Lipinski definition) is 6. The van der Waals surface area contributed by atoms with E-state index in [9.17, 15) is 35.1 Å². The van der Waals surface area contributed by atoms with E-state index in [-0.39, 0.29) is 19.4 Å². The van der Waals surface area contributed by atoms with Crippen molar-refractivity contribution in [1.29, 1.82) is 0 Å². The maximum atomic E-state index is 13.4. The molecule has 0 saturated carbocycles. The Kier molecular flexibility index (Phi) is 51.7. The summed E-state index contributed by atoms with van der Waals surface area (Å²) in [6, 6.07) is -1.04. The van der Waals surface area contributed by atoms with Crippen molar-refractivity contribution in [3.8, 4) is 0 Å². The molecule has 0 spiro atoms.